The Bertz CT molecular complexity index is 1350. The maximum Gasteiger partial charge on any atom is 0.409 e. The van der Waals surface area contributed by atoms with Gasteiger partial charge in [-0.3, -0.25) is 4.90 Å². The Hall–Kier alpha value is -3.38. The lowest BCUT2D eigenvalue weighted by Gasteiger charge is -2.59. The molecule has 2 aliphatic heterocycles. The highest BCUT2D eigenvalue weighted by Gasteiger charge is 2.65. The van der Waals surface area contributed by atoms with Crippen LogP contribution in [0.1, 0.15) is 62.8 Å². The summed E-state index contributed by atoms with van der Waals surface area (Å²) >= 11 is 0. The number of ether oxygens (including phenoxy) is 4. The van der Waals surface area contributed by atoms with E-state index in [1.54, 1.807) is 24.1 Å². The zero-order chi connectivity index (χ0) is 34.8. The zero-order valence-corrected chi connectivity index (χ0v) is 29.3. The van der Waals surface area contributed by atoms with Crippen LogP contribution in [0.2, 0.25) is 0 Å². The van der Waals surface area contributed by atoms with Crippen molar-refractivity contribution in [3.63, 3.8) is 0 Å². The molecule has 2 heterocycles. The molecule has 0 spiro atoms. The van der Waals surface area contributed by atoms with Gasteiger partial charge in [-0.05, 0) is 67.7 Å². The summed E-state index contributed by atoms with van der Waals surface area (Å²) in [6, 6.07) is 5.42. The van der Waals surface area contributed by atoms with Gasteiger partial charge in [0.1, 0.15) is 31.3 Å². The van der Waals surface area contributed by atoms with Crippen molar-refractivity contribution in [2.45, 2.75) is 69.1 Å². The number of oxime groups is 1. The van der Waals surface area contributed by atoms with Crippen LogP contribution < -0.4 is 9.47 Å². The fourth-order valence-electron chi connectivity index (χ4n) is 7.97. The predicted molar refractivity (Wildman–Crippen MR) is 188 cm³/mol. The molecule has 1 saturated carbocycles. The van der Waals surface area contributed by atoms with E-state index in [2.05, 4.69) is 35.4 Å². The first-order valence-electron chi connectivity index (χ1n) is 17.9. The minimum Gasteiger partial charge on any atom is -0.492 e. The van der Waals surface area contributed by atoms with Crippen LogP contribution in [0.15, 0.2) is 60.3 Å². The average molecular weight is 682 g/mol. The van der Waals surface area contributed by atoms with Crippen LogP contribution in [0.25, 0.3) is 0 Å². The van der Waals surface area contributed by atoms with Crippen LogP contribution in [-0.4, -0.2) is 110 Å². The third kappa shape index (κ3) is 8.33. The van der Waals surface area contributed by atoms with E-state index in [1.807, 2.05) is 12.1 Å². The first-order chi connectivity index (χ1) is 23.9. The number of hydrogen-bond acceptors (Lipinski definition) is 10. The normalized spacial score (nSPS) is 27.6. The van der Waals surface area contributed by atoms with Gasteiger partial charge in [0.15, 0.2) is 0 Å². The van der Waals surface area contributed by atoms with Gasteiger partial charge in [0, 0.05) is 57.8 Å². The highest BCUT2D eigenvalue weighted by Crippen LogP contribution is 2.61. The maximum atomic E-state index is 13.6. The molecule has 0 bridgehead atoms. The van der Waals surface area contributed by atoms with Crippen molar-refractivity contribution in [3.05, 3.63) is 60.7 Å². The van der Waals surface area contributed by atoms with Gasteiger partial charge in [0.25, 0.3) is 0 Å². The quantitative estimate of drug-likeness (QED) is 0.0819. The standard InChI is InChI=1S/C38H55N3O8/c1-5-7-22-47-37(44)40(3)34-26-32(39-45-4)30-24-27(12-8-10-19-42)29(13-9-11-20-43)35-31-25-28(46-23-18-41-16-17-41)14-15-33(31)49-38(34,36(30)35)48-21-6-2/h5-6,14-15,24-25,27,29,34-36,42-43H,1-2,7-13,16-23,26H2,3-4H3/t27-,29+,34-,35+,36+,38+/m0/s1. The van der Waals surface area contributed by atoms with Crippen LogP contribution in [-0.2, 0) is 14.3 Å². The van der Waals surface area contributed by atoms with Gasteiger partial charge in [0.2, 0.25) is 5.79 Å². The molecule has 0 unspecified atom stereocenters. The van der Waals surface area contributed by atoms with E-state index in [0.29, 0.717) is 31.6 Å². The first kappa shape index (κ1) is 36.9. The molecule has 11 heteroatoms. The molecule has 0 aromatic heterocycles. The van der Waals surface area contributed by atoms with Gasteiger partial charge in [-0.2, -0.15) is 0 Å². The second-order valence-electron chi connectivity index (χ2n) is 13.4. The molecular weight excluding hydrogens is 626 g/mol. The van der Waals surface area contributed by atoms with E-state index >= 15 is 0 Å². The molecule has 2 N–H and O–H groups in total. The number of benzene rings is 1. The molecule has 270 valence electrons. The van der Waals surface area contributed by atoms with Crippen molar-refractivity contribution >= 4 is 11.8 Å². The van der Waals surface area contributed by atoms with E-state index < -0.39 is 17.9 Å². The Labute approximate surface area is 291 Å². The Balaban J connectivity index is 1.67. The third-order valence-electron chi connectivity index (χ3n) is 10.4. The monoisotopic (exact) mass is 681 g/mol. The predicted octanol–water partition coefficient (Wildman–Crippen LogP) is 5.29. The minimum absolute atomic E-state index is 0.0999. The number of rotatable bonds is 20. The molecule has 4 aliphatic rings. The molecule has 49 heavy (non-hydrogen) atoms. The summed E-state index contributed by atoms with van der Waals surface area (Å²) in [6.45, 7) is 12.1. The molecule has 1 amide bonds. The van der Waals surface area contributed by atoms with Crippen LogP contribution in [0, 0.1) is 17.8 Å². The van der Waals surface area contributed by atoms with Crippen LogP contribution in [0.3, 0.4) is 0 Å². The Kier molecular flexibility index (Phi) is 13.2. The molecule has 0 radical (unpaired) electrons. The number of carbonyl (C=O) groups excluding carboxylic acids is 1. The molecule has 1 aromatic carbocycles. The first-order valence-corrected chi connectivity index (χ1v) is 17.9. The van der Waals surface area contributed by atoms with Crippen molar-refractivity contribution in [2.24, 2.45) is 22.9 Å². The lowest BCUT2D eigenvalue weighted by atomic mass is 9.55. The largest absolute Gasteiger partial charge is 0.492 e. The topological polar surface area (TPSA) is 122 Å². The summed E-state index contributed by atoms with van der Waals surface area (Å²) in [7, 11) is 3.26. The summed E-state index contributed by atoms with van der Waals surface area (Å²) in [4.78, 5) is 22.9. The number of carbonyl (C=O) groups is 1. The Morgan fingerprint density at radius 2 is 1.90 bits per heavy atom. The van der Waals surface area contributed by atoms with Gasteiger partial charge in [0.05, 0.1) is 24.8 Å². The second kappa shape index (κ2) is 17.5. The van der Waals surface area contributed by atoms with Crippen molar-refractivity contribution in [2.75, 3.05) is 66.8 Å². The molecule has 2 fully saturated rings. The number of nitrogens with zero attached hydrogens (tertiary/aromatic N) is 3. The lowest BCUT2D eigenvalue weighted by molar-refractivity contribution is -0.253. The van der Waals surface area contributed by atoms with Gasteiger partial charge in [-0.15, -0.1) is 13.2 Å². The Morgan fingerprint density at radius 3 is 2.59 bits per heavy atom. The molecule has 5 rings (SSSR count). The number of aliphatic hydroxyl groups excluding tert-OH is 2. The molecule has 6 atom stereocenters. The second-order valence-corrected chi connectivity index (χ2v) is 13.4. The molecule has 2 aliphatic carbocycles. The number of unbranched alkanes of at least 4 members (excludes halogenated alkanes) is 2. The van der Waals surface area contributed by atoms with Crippen LogP contribution in [0.5, 0.6) is 11.5 Å². The summed E-state index contributed by atoms with van der Waals surface area (Å²) in [5, 5.41) is 24.0. The lowest BCUT2D eigenvalue weighted by Crippen LogP contribution is -2.69. The van der Waals surface area contributed by atoms with Crippen LogP contribution in [0.4, 0.5) is 4.79 Å². The van der Waals surface area contributed by atoms with Crippen molar-refractivity contribution in [1.82, 2.24) is 9.80 Å². The maximum absolute atomic E-state index is 13.6. The molecule has 11 nitrogen and oxygen atoms in total. The molecule has 1 aromatic rings. The fraction of sp³-hybridized carbons (Fsp3) is 0.632. The third-order valence-corrected chi connectivity index (χ3v) is 10.4. The zero-order valence-electron chi connectivity index (χ0n) is 29.3. The van der Waals surface area contributed by atoms with Gasteiger partial charge >= 0.3 is 6.09 Å². The fourth-order valence-corrected chi connectivity index (χ4v) is 7.97. The van der Waals surface area contributed by atoms with E-state index in [4.69, 9.17) is 23.8 Å². The van der Waals surface area contributed by atoms with Gasteiger partial charge in [-0.1, -0.05) is 36.2 Å². The van der Waals surface area contributed by atoms with Crippen LogP contribution >= 0.6 is 0 Å². The van der Waals surface area contributed by atoms with Gasteiger partial charge in [-0.25, -0.2) is 4.79 Å². The molecule has 1 saturated heterocycles. The average Bonchev–Trinajstić information content (AvgIpc) is 3.94. The Morgan fingerprint density at radius 1 is 1.12 bits per heavy atom. The van der Waals surface area contributed by atoms with Crippen molar-refractivity contribution in [3.8, 4) is 11.5 Å². The van der Waals surface area contributed by atoms with E-state index in [1.165, 1.54) is 7.11 Å². The number of likely N-dealkylation sites (N-methyl/N-ethyl adjacent to an activating group) is 1. The number of fused-ring (bicyclic) bond motifs is 2. The molecular formula is C38H55N3O8. The van der Waals surface area contributed by atoms with E-state index in [9.17, 15) is 15.0 Å². The number of aliphatic hydroxyl groups is 2. The van der Waals surface area contributed by atoms with E-state index in [0.717, 1.165) is 74.3 Å². The number of allylic oxidation sites excluding steroid dienone is 1. The van der Waals surface area contributed by atoms with E-state index in [-0.39, 0.29) is 50.1 Å². The highest BCUT2D eigenvalue weighted by atomic mass is 16.7. The number of amides is 1. The summed E-state index contributed by atoms with van der Waals surface area (Å²) < 4.78 is 25.9. The smallest absolute Gasteiger partial charge is 0.409 e. The number of hydrogen-bond donors (Lipinski definition) is 2. The SMILES string of the molecule is C=CCCOC(=O)N(C)[C@H]1CC(=NOC)C2=C[C@H](CCCCO)[C@@H](CCCCO)[C@@H]3c4cc(OCCN5CC5)ccc4O[C@@]1(OCC=C)[C@H]23. The van der Waals surface area contributed by atoms with Crippen molar-refractivity contribution in [1.29, 1.82) is 0 Å². The summed E-state index contributed by atoms with van der Waals surface area (Å²) in [6.07, 6.45) is 11.0. The minimum atomic E-state index is -1.30. The summed E-state index contributed by atoms with van der Waals surface area (Å²) in [5.41, 5.74) is 2.77. The van der Waals surface area contributed by atoms with Gasteiger partial charge < -0.3 is 38.9 Å². The van der Waals surface area contributed by atoms with Crippen molar-refractivity contribution < 1.29 is 38.8 Å². The summed E-state index contributed by atoms with van der Waals surface area (Å²) in [5.74, 6) is 0.0205. The highest BCUT2D eigenvalue weighted by molar-refractivity contribution is 6.02.